The number of aryl methyl sites for hydroxylation is 2. The number of methoxy groups -OCH3 is 1. The molecular formula is C21H21ClN4O2. The Morgan fingerprint density at radius 3 is 2.64 bits per heavy atom. The molecule has 3 aromatic rings. The second kappa shape index (κ2) is 8.71. The lowest BCUT2D eigenvalue weighted by atomic mass is 10.1. The van der Waals surface area contributed by atoms with Crippen molar-refractivity contribution in [1.82, 2.24) is 9.97 Å². The van der Waals surface area contributed by atoms with E-state index in [1.165, 1.54) is 0 Å². The van der Waals surface area contributed by atoms with E-state index in [1.807, 2.05) is 31.2 Å². The number of benzene rings is 2. The summed E-state index contributed by atoms with van der Waals surface area (Å²) in [7, 11) is 1.57. The number of hydrogen-bond donors (Lipinski definition) is 2. The zero-order valence-electron chi connectivity index (χ0n) is 15.9. The van der Waals surface area contributed by atoms with E-state index >= 15 is 0 Å². The molecule has 0 radical (unpaired) electrons. The standard InChI is InChI=1S/C21H21ClN4O2/c1-4-14-7-5-6-8-16(14)26-21(27)18-12-20(24-13(2)23-18)25-17-11-15(22)9-10-19(17)28-3/h5-12H,4H2,1-3H3,(H,26,27)(H,23,24,25). The van der Waals surface area contributed by atoms with Crippen molar-refractivity contribution in [1.29, 1.82) is 0 Å². The molecule has 2 N–H and O–H groups in total. The molecule has 0 aliphatic rings. The Kier molecular flexibility index (Phi) is 6.11. The summed E-state index contributed by atoms with van der Waals surface area (Å²) in [5.41, 5.74) is 2.75. The molecule has 2 aromatic carbocycles. The molecule has 1 aromatic heterocycles. The van der Waals surface area contributed by atoms with E-state index < -0.39 is 0 Å². The topological polar surface area (TPSA) is 76.1 Å². The van der Waals surface area contributed by atoms with Crippen LogP contribution in [0.4, 0.5) is 17.2 Å². The number of rotatable bonds is 6. The van der Waals surface area contributed by atoms with E-state index in [-0.39, 0.29) is 11.6 Å². The highest BCUT2D eigenvalue weighted by atomic mass is 35.5. The number of hydrogen-bond acceptors (Lipinski definition) is 5. The second-order valence-electron chi connectivity index (χ2n) is 6.12. The molecule has 0 bridgehead atoms. The van der Waals surface area contributed by atoms with Crippen LogP contribution in [0.15, 0.2) is 48.5 Å². The maximum Gasteiger partial charge on any atom is 0.274 e. The predicted octanol–water partition coefficient (Wildman–Crippen LogP) is 5.01. The fourth-order valence-corrected chi connectivity index (χ4v) is 2.97. The zero-order chi connectivity index (χ0) is 20.1. The number of ether oxygens (including phenoxy) is 1. The second-order valence-corrected chi connectivity index (χ2v) is 6.56. The van der Waals surface area contributed by atoms with Crippen LogP contribution < -0.4 is 15.4 Å². The van der Waals surface area contributed by atoms with Crippen molar-refractivity contribution in [3.63, 3.8) is 0 Å². The van der Waals surface area contributed by atoms with Gasteiger partial charge in [-0.3, -0.25) is 4.79 Å². The van der Waals surface area contributed by atoms with Crippen molar-refractivity contribution >= 4 is 34.7 Å². The highest BCUT2D eigenvalue weighted by Crippen LogP contribution is 2.30. The lowest BCUT2D eigenvalue weighted by Gasteiger charge is -2.13. The summed E-state index contributed by atoms with van der Waals surface area (Å²) in [6.07, 6.45) is 0.820. The van der Waals surface area contributed by atoms with Gasteiger partial charge in [0.05, 0.1) is 12.8 Å². The lowest BCUT2D eigenvalue weighted by molar-refractivity contribution is 0.102. The van der Waals surface area contributed by atoms with E-state index in [2.05, 4.69) is 20.6 Å². The summed E-state index contributed by atoms with van der Waals surface area (Å²) >= 11 is 6.08. The first kappa shape index (κ1) is 19.6. The summed E-state index contributed by atoms with van der Waals surface area (Å²) in [5.74, 6) is 1.26. The lowest BCUT2D eigenvalue weighted by Crippen LogP contribution is -2.16. The van der Waals surface area contributed by atoms with Crippen LogP contribution in [0.5, 0.6) is 5.75 Å². The van der Waals surface area contributed by atoms with E-state index in [1.54, 1.807) is 38.3 Å². The van der Waals surface area contributed by atoms with Gasteiger partial charge in [-0.25, -0.2) is 9.97 Å². The van der Waals surface area contributed by atoms with Gasteiger partial charge >= 0.3 is 0 Å². The third-order valence-electron chi connectivity index (χ3n) is 4.14. The van der Waals surface area contributed by atoms with Gasteiger partial charge in [0.15, 0.2) is 0 Å². The average Bonchev–Trinajstić information content (AvgIpc) is 2.68. The quantitative estimate of drug-likeness (QED) is 0.612. The van der Waals surface area contributed by atoms with Crippen LogP contribution in [0.2, 0.25) is 5.02 Å². The Morgan fingerprint density at radius 1 is 1.11 bits per heavy atom. The number of carbonyl (C=O) groups excluding carboxylic acids is 1. The predicted molar refractivity (Wildman–Crippen MR) is 112 cm³/mol. The molecule has 0 aliphatic carbocycles. The number of amides is 1. The first-order valence-electron chi connectivity index (χ1n) is 8.85. The number of nitrogens with one attached hydrogen (secondary N) is 2. The van der Waals surface area contributed by atoms with Crippen molar-refractivity contribution in [3.8, 4) is 5.75 Å². The zero-order valence-corrected chi connectivity index (χ0v) is 16.7. The molecule has 28 heavy (non-hydrogen) atoms. The molecule has 144 valence electrons. The first-order chi connectivity index (χ1) is 13.5. The van der Waals surface area contributed by atoms with Crippen molar-refractivity contribution in [2.45, 2.75) is 20.3 Å². The van der Waals surface area contributed by atoms with E-state index in [4.69, 9.17) is 16.3 Å². The van der Waals surface area contributed by atoms with Crippen molar-refractivity contribution in [2.75, 3.05) is 17.7 Å². The fourth-order valence-electron chi connectivity index (χ4n) is 2.80. The van der Waals surface area contributed by atoms with Gasteiger partial charge in [-0.2, -0.15) is 0 Å². The molecule has 7 heteroatoms. The smallest absolute Gasteiger partial charge is 0.274 e. The fraction of sp³-hybridized carbons (Fsp3) is 0.190. The Labute approximate surface area is 168 Å². The van der Waals surface area contributed by atoms with Crippen LogP contribution in [-0.2, 0) is 6.42 Å². The summed E-state index contributed by atoms with van der Waals surface area (Å²) < 4.78 is 5.34. The van der Waals surface area contributed by atoms with Gasteiger partial charge in [-0.1, -0.05) is 36.7 Å². The van der Waals surface area contributed by atoms with Gasteiger partial charge in [0.1, 0.15) is 23.1 Å². The molecule has 0 fully saturated rings. The van der Waals surface area contributed by atoms with Crippen LogP contribution in [0.1, 0.15) is 28.8 Å². The summed E-state index contributed by atoms with van der Waals surface area (Å²) in [5, 5.41) is 6.63. The Balaban J connectivity index is 1.87. The van der Waals surface area contributed by atoms with Gasteiger partial charge < -0.3 is 15.4 Å². The molecule has 0 unspecified atom stereocenters. The average molecular weight is 397 g/mol. The van der Waals surface area contributed by atoms with Crippen LogP contribution >= 0.6 is 11.6 Å². The van der Waals surface area contributed by atoms with Crippen LogP contribution in [0, 0.1) is 6.92 Å². The van der Waals surface area contributed by atoms with Gasteiger partial charge in [-0.05, 0) is 43.2 Å². The molecule has 0 saturated carbocycles. The van der Waals surface area contributed by atoms with E-state index in [0.717, 1.165) is 17.7 Å². The van der Waals surface area contributed by atoms with Gasteiger partial charge in [-0.15, -0.1) is 0 Å². The van der Waals surface area contributed by atoms with Gasteiger partial charge in [0.2, 0.25) is 0 Å². The molecule has 0 spiro atoms. The SMILES string of the molecule is CCc1ccccc1NC(=O)c1cc(Nc2cc(Cl)ccc2OC)nc(C)n1. The van der Waals surface area contributed by atoms with Crippen LogP contribution in [0.25, 0.3) is 0 Å². The highest BCUT2D eigenvalue weighted by Gasteiger charge is 2.13. The molecule has 1 heterocycles. The molecule has 6 nitrogen and oxygen atoms in total. The number of para-hydroxylation sites is 1. The molecular weight excluding hydrogens is 376 g/mol. The number of carbonyl (C=O) groups is 1. The third kappa shape index (κ3) is 4.58. The van der Waals surface area contributed by atoms with E-state index in [0.29, 0.717) is 28.1 Å². The minimum Gasteiger partial charge on any atom is -0.495 e. The molecule has 0 atom stereocenters. The summed E-state index contributed by atoms with van der Waals surface area (Å²) in [4.78, 5) is 21.4. The summed E-state index contributed by atoms with van der Waals surface area (Å²) in [6.45, 7) is 3.78. The Hall–Kier alpha value is -3.12. The number of nitrogens with zero attached hydrogens (tertiary/aromatic N) is 2. The number of halogens is 1. The number of aromatic nitrogens is 2. The maximum absolute atomic E-state index is 12.7. The molecule has 0 aliphatic heterocycles. The number of anilines is 3. The van der Waals surface area contributed by atoms with Gasteiger partial charge in [0.25, 0.3) is 5.91 Å². The third-order valence-corrected chi connectivity index (χ3v) is 4.38. The molecule has 0 saturated heterocycles. The Morgan fingerprint density at radius 2 is 1.89 bits per heavy atom. The van der Waals surface area contributed by atoms with Crippen molar-refractivity contribution in [3.05, 3.63) is 70.6 Å². The largest absolute Gasteiger partial charge is 0.495 e. The van der Waals surface area contributed by atoms with Crippen molar-refractivity contribution < 1.29 is 9.53 Å². The first-order valence-corrected chi connectivity index (χ1v) is 9.23. The van der Waals surface area contributed by atoms with Crippen LogP contribution in [0.3, 0.4) is 0 Å². The normalized spacial score (nSPS) is 10.4. The minimum atomic E-state index is -0.299. The summed E-state index contributed by atoms with van der Waals surface area (Å²) in [6, 6.07) is 14.5. The molecule has 3 rings (SSSR count). The minimum absolute atomic E-state index is 0.266. The van der Waals surface area contributed by atoms with Gasteiger partial charge in [0, 0.05) is 16.8 Å². The van der Waals surface area contributed by atoms with Crippen molar-refractivity contribution in [2.24, 2.45) is 0 Å². The Bertz CT molecular complexity index is 1010. The van der Waals surface area contributed by atoms with Crippen LogP contribution in [-0.4, -0.2) is 23.0 Å². The monoisotopic (exact) mass is 396 g/mol. The van der Waals surface area contributed by atoms with E-state index in [9.17, 15) is 4.79 Å². The maximum atomic E-state index is 12.7. The highest BCUT2D eigenvalue weighted by molar-refractivity contribution is 6.31. The molecule has 1 amide bonds.